The number of imidazole rings is 1. The maximum Gasteiger partial charge on any atom is 0.137 e. The predicted molar refractivity (Wildman–Crippen MR) is 69.3 cm³/mol. The highest BCUT2D eigenvalue weighted by molar-refractivity contribution is 5.59. The van der Waals surface area contributed by atoms with E-state index >= 15 is 0 Å². The number of aromatic nitrogens is 2. The van der Waals surface area contributed by atoms with Crippen LogP contribution in [-0.4, -0.2) is 17.1 Å². The summed E-state index contributed by atoms with van der Waals surface area (Å²) in [5.74, 6) is 1.68. The molecule has 0 fully saturated rings. The van der Waals surface area contributed by atoms with E-state index in [1.807, 2.05) is 12.1 Å². The first-order valence-corrected chi connectivity index (χ1v) is 5.86. The Morgan fingerprint density at radius 2 is 2.28 bits per heavy atom. The number of hydrogen-bond donors (Lipinski definition) is 1. The van der Waals surface area contributed by atoms with Crippen LogP contribution in [0.3, 0.4) is 0 Å². The Bertz CT molecular complexity index is 581. The molecule has 2 rings (SSSR count). The zero-order valence-corrected chi connectivity index (χ0v) is 10.5. The lowest BCUT2D eigenvalue weighted by atomic mass is 10.1. The molecular weight excluding hydrogens is 226 g/mol. The van der Waals surface area contributed by atoms with Crippen LogP contribution in [0.5, 0.6) is 5.75 Å². The van der Waals surface area contributed by atoms with Crippen molar-refractivity contribution in [3.8, 4) is 23.2 Å². The number of hydrogen-bond acceptors (Lipinski definition) is 3. The highest BCUT2D eigenvalue weighted by atomic mass is 16.5. The molecule has 0 atom stereocenters. The standard InChI is InChI=1S/C14H15N3O/c1-3-10-8-11(4-5-13(10)18-2)14-16-9-12(17-14)6-7-15/h4-5,8-9H,3,6H2,1-2H3,(H,16,17). The molecule has 0 saturated carbocycles. The fourth-order valence-electron chi connectivity index (χ4n) is 1.88. The van der Waals surface area contributed by atoms with E-state index in [2.05, 4.69) is 29.0 Å². The minimum absolute atomic E-state index is 0.351. The van der Waals surface area contributed by atoms with Gasteiger partial charge in [-0.25, -0.2) is 4.98 Å². The molecule has 0 bridgehead atoms. The molecule has 1 aromatic heterocycles. The normalized spacial score (nSPS) is 10.1. The predicted octanol–water partition coefficient (Wildman–Crippen LogP) is 2.71. The third-order valence-corrected chi connectivity index (χ3v) is 2.83. The number of benzene rings is 1. The van der Waals surface area contributed by atoms with Gasteiger partial charge < -0.3 is 9.72 Å². The van der Waals surface area contributed by atoms with Crippen LogP contribution < -0.4 is 4.74 Å². The molecule has 4 heteroatoms. The number of nitriles is 1. The van der Waals surface area contributed by atoms with Crippen molar-refractivity contribution in [3.05, 3.63) is 35.7 Å². The lowest BCUT2D eigenvalue weighted by Crippen LogP contribution is -1.92. The quantitative estimate of drug-likeness (QED) is 0.895. The second kappa shape index (κ2) is 5.37. The SMILES string of the molecule is CCc1cc(-c2ncc(CC#N)[nH]2)ccc1OC. The van der Waals surface area contributed by atoms with Crippen molar-refractivity contribution < 1.29 is 4.74 Å². The number of rotatable bonds is 4. The summed E-state index contributed by atoms with van der Waals surface area (Å²) < 4.78 is 5.30. The lowest BCUT2D eigenvalue weighted by molar-refractivity contribution is 0.410. The first-order valence-electron chi connectivity index (χ1n) is 5.86. The number of aryl methyl sites for hydroxylation is 1. The van der Waals surface area contributed by atoms with Crippen molar-refractivity contribution in [2.24, 2.45) is 0 Å². The van der Waals surface area contributed by atoms with Gasteiger partial charge in [-0.2, -0.15) is 5.26 Å². The van der Waals surface area contributed by atoms with Gasteiger partial charge in [-0.05, 0) is 30.2 Å². The molecule has 0 saturated heterocycles. The Hall–Kier alpha value is -2.28. The molecule has 2 aromatic rings. The number of H-pyrrole nitrogens is 1. The zero-order chi connectivity index (χ0) is 13.0. The summed E-state index contributed by atoms with van der Waals surface area (Å²) in [6.45, 7) is 2.09. The molecule has 0 unspecified atom stereocenters. The Balaban J connectivity index is 2.35. The van der Waals surface area contributed by atoms with Gasteiger partial charge >= 0.3 is 0 Å². The summed E-state index contributed by atoms with van der Waals surface area (Å²) in [6.07, 6.45) is 2.96. The summed E-state index contributed by atoms with van der Waals surface area (Å²) in [5, 5.41) is 8.64. The molecule has 0 spiro atoms. The van der Waals surface area contributed by atoms with E-state index in [9.17, 15) is 0 Å². The Morgan fingerprint density at radius 1 is 1.44 bits per heavy atom. The molecule has 1 aromatic carbocycles. The van der Waals surface area contributed by atoms with E-state index in [0.717, 1.165) is 34.8 Å². The van der Waals surface area contributed by atoms with Crippen molar-refractivity contribution in [2.45, 2.75) is 19.8 Å². The Morgan fingerprint density at radius 3 is 2.94 bits per heavy atom. The molecule has 0 radical (unpaired) electrons. The maximum atomic E-state index is 8.64. The molecule has 1 N–H and O–H groups in total. The number of aromatic amines is 1. The summed E-state index contributed by atoms with van der Waals surface area (Å²) in [7, 11) is 1.67. The Labute approximate surface area is 106 Å². The first kappa shape index (κ1) is 12.2. The summed E-state index contributed by atoms with van der Waals surface area (Å²) in [5.41, 5.74) is 2.99. The van der Waals surface area contributed by atoms with Gasteiger partial charge in [-0.1, -0.05) is 6.92 Å². The molecule has 1 heterocycles. The average molecular weight is 241 g/mol. The van der Waals surface area contributed by atoms with E-state index in [-0.39, 0.29) is 0 Å². The van der Waals surface area contributed by atoms with Crippen LogP contribution in [0.2, 0.25) is 0 Å². The molecule has 0 aliphatic carbocycles. The summed E-state index contributed by atoms with van der Waals surface area (Å²) in [6, 6.07) is 8.07. The number of ether oxygens (including phenoxy) is 1. The van der Waals surface area contributed by atoms with Crippen molar-refractivity contribution in [2.75, 3.05) is 7.11 Å². The van der Waals surface area contributed by atoms with Gasteiger partial charge in [0, 0.05) is 17.5 Å². The van der Waals surface area contributed by atoms with Gasteiger partial charge in [0.25, 0.3) is 0 Å². The van der Waals surface area contributed by atoms with Crippen LogP contribution >= 0.6 is 0 Å². The number of methoxy groups -OCH3 is 1. The molecule has 92 valence electrons. The largest absolute Gasteiger partial charge is 0.496 e. The Kier molecular flexibility index (Phi) is 3.63. The van der Waals surface area contributed by atoms with Crippen LogP contribution in [0.1, 0.15) is 18.2 Å². The van der Waals surface area contributed by atoms with Crippen LogP contribution in [0.15, 0.2) is 24.4 Å². The van der Waals surface area contributed by atoms with Gasteiger partial charge in [0.2, 0.25) is 0 Å². The van der Waals surface area contributed by atoms with Gasteiger partial charge in [0.05, 0.1) is 19.6 Å². The minimum atomic E-state index is 0.351. The summed E-state index contributed by atoms with van der Waals surface area (Å²) >= 11 is 0. The van der Waals surface area contributed by atoms with Gasteiger partial charge in [-0.15, -0.1) is 0 Å². The molecule has 0 aliphatic heterocycles. The van der Waals surface area contributed by atoms with Crippen molar-refractivity contribution >= 4 is 0 Å². The second-order valence-electron chi connectivity index (χ2n) is 3.97. The minimum Gasteiger partial charge on any atom is -0.496 e. The highest BCUT2D eigenvalue weighted by Crippen LogP contribution is 2.25. The molecule has 0 aliphatic rings. The van der Waals surface area contributed by atoms with Crippen LogP contribution in [0, 0.1) is 11.3 Å². The van der Waals surface area contributed by atoms with Gasteiger partial charge in [-0.3, -0.25) is 0 Å². The van der Waals surface area contributed by atoms with E-state index in [1.165, 1.54) is 0 Å². The van der Waals surface area contributed by atoms with Crippen LogP contribution in [0.25, 0.3) is 11.4 Å². The number of nitrogens with zero attached hydrogens (tertiary/aromatic N) is 2. The lowest BCUT2D eigenvalue weighted by Gasteiger charge is -2.07. The number of nitrogens with one attached hydrogen (secondary N) is 1. The highest BCUT2D eigenvalue weighted by Gasteiger charge is 2.07. The molecule has 18 heavy (non-hydrogen) atoms. The van der Waals surface area contributed by atoms with Crippen LogP contribution in [0.4, 0.5) is 0 Å². The van der Waals surface area contributed by atoms with E-state index < -0.39 is 0 Å². The third kappa shape index (κ3) is 2.35. The fourth-order valence-corrected chi connectivity index (χ4v) is 1.88. The molecule has 0 amide bonds. The fraction of sp³-hybridized carbons (Fsp3) is 0.286. The monoisotopic (exact) mass is 241 g/mol. The smallest absolute Gasteiger partial charge is 0.137 e. The summed E-state index contributed by atoms with van der Waals surface area (Å²) in [4.78, 5) is 7.43. The topological polar surface area (TPSA) is 61.7 Å². The van der Waals surface area contributed by atoms with Gasteiger partial charge in [0.15, 0.2) is 0 Å². The second-order valence-corrected chi connectivity index (χ2v) is 3.97. The maximum absolute atomic E-state index is 8.64. The van der Waals surface area contributed by atoms with E-state index in [1.54, 1.807) is 13.3 Å². The van der Waals surface area contributed by atoms with E-state index in [0.29, 0.717) is 6.42 Å². The van der Waals surface area contributed by atoms with Crippen molar-refractivity contribution in [1.82, 2.24) is 9.97 Å². The third-order valence-electron chi connectivity index (χ3n) is 2.83. The first-order chi connectivity index (χ1) is 8.78. The van der Waals surface area contributed by atoms with Gasteiger partial charge in [0.1, 0.15) is 11.6 Å². The average Bonchev–Trinajstić information content (AvgIpc) is 2.87. The molecular formula is C14H15N3O. The van der Waals surface area contributed by atoms with Crippen molar-refractivity contribution in [1.29, 1.82) is 5.26 Å². The van der Waals surface area contributed by atoms with Crippen molar-refractivity contribution in [3.63, 3.8) is 0 Å². The van der Waals surface area contributed by atoms with Crippen LogP contribution in [-0.2, 0) is 12.8 Å². The molecule has 4 nitrogen and oxygen atoms in total. The zero-order valence-electron chi connectivity index (χ0n) is 10.5. The van der Waals surface area contributed by atoms with E-state index in [4.69, 9.17) is 10.00 Å².